The second kappa shape index (κ2) is 7.39. The summed E-state index contributed by atoms with van der Waals surface area (Å²) in [5, 5.41) is 1.13. The fraction of sp³-hybridized carbons (Fsp3) is 0.190. The lowest BCUT2D eigenvalue weighted by Crippen LogP contribution is -2.26. The van der Waals surface area contributed by atoms with Gasteiger partial charge in [0.05, 0.1) is 15.7 Å². The van der Waals surface area contributed by atoms with E-state index in [1.54, 1.807) is 6.07 Å². The van der Waals surface area contributed by atoms with Gasteiger partial charge in [0.15, 0.2) is 0 Å². The standard InChI is InChI=1S/C21H20Cl2N4/c1-26-9-10-27(16-6-7-17(22)18(23)12-16)20-8-5-14(11-15(20)13-26)19-3-2-4-21(24)25-19/h2-8,11-12H,9-10,13H2,1H3,(H2,24,25). The SMILES string of the molecule is CN1CCN(c2ccc(Cl)c(Cl)c2)c2ccc(-c3cccc(N)n3)cc2C1. The van der Waals surface area contributed by atoms with Crippen LogP contribution in [0.2, 0.25) is 10.0 Å². The average molecular weight is 399 g/mol. The maximum absolute atomic E-state index is 6.26. The first-order chi connectivity index (χ1) is 13.0. The molecular weight excluding hydrogens is 379 g/mol. The van der Waals surface area contributed by atoms with Gasteiger partial charge >= 0.3 is 0 Å². The van der Waals surface area contributed by atoms with Crippen LogP contribution >= 0.6 is 23.2 Å². The van der Waals surface area contributed by atoms with Crippen molar-refractivity contribution in [1.82, 2.24) is 9.88 Å². The zero-order valence-electron chi connectivity index (χ0n) is 15.0. The van der Waals surface area contributed by atoms with E-state index in [1.165, 1.54) is 11.3 Å². The molecule has 1 aliphatic rings. The summed E-state index contributed by atoms with van der Waals surface area (Å²) in [4.78, 5) is 9.05. The second-order valence-electron chi connectivity index (χ2n) is 6.78. The number of nitrogens with zero attached hydrogens (tertiary/aromatic N) is 3. The molecule has 0 saturated carbocycles. The number of halogens is 2. The summed E-state index contributed by atoms with van der Waals surface area (Å²) >= 11 is 12.4. The summed E-state index contributed by atoms with van der Waals surface area (Å²) in [5.74, 6) is 0.525. The Kier molecular flexibility index (Phi) is 4.96. The lowest BCUT2D eigenvalue weighted by molar-refractivity contribution is 0.343. The maximum atomic E-state index is 6.26. The van der Waals surface area contributed by atoms with Gasteiger partial charge < -0.3 is 15.5 Å². The molecule has 4 nitrogen and oxygen atoms in total. The van der Waals surface area contributed by atoms with E-state index < -0.39 is 0 Å². The topological polar surface area (TPSA) is 45.4 Å². The first kappa shape index (κ1) is 18.1. The highest BCUT2D eigenvalue weighted by Gasteiger charge is 2.20. The molecule has 27 heavy (non-hydrogen) atoms. The number of fused-ring (bicyclic) bond motifs is 1. The smallest absolute Gasteiger partial charge is 0.124 e. The van der Waals surface area contributed by atoms with Gasteiger partial charge in [-0.25, -0.2) is 4.98 Å². The first-order valence-corrected chi connectivity index (χ1v) is 9.54. The molecule has 0 fully saturated rings. The Bertz CT molecular complexity index is 990. The van der Waals surface area contributed by atoms with Crippen molar-refractivity contribution in [2.24, 2.45) is 0 Å². The molecule has 0 aliphatic carbocycles. The zero-order valence-corrected chi connectivity index (χ0v) is 16.5. The third-order valence-corrected chi connectivity index (χ3v) is 5.54. The van der Waals surface area contributed by atoms with Crippen LogP contribution in [0.1, 0.15) is 5.56 Å². The summed E-state index contributed by atoms with van der Waals surface area (Å²) in [6, 6.07) is 17.9. The third-order valence-electron chi connectivity index (χ3n) is 4.80. The summed E-state index contributed by atoms with van der Waals surface area (Å²) in [5.41, 5.74) is 11.2. The van der Waals surface area contributed by atoms with Crippen LogP contribution in [-0.4, -0.2) is 30.0 Å². The predicted molar refractivity (Wildman–Crippen MR) is 114 cm³/mol. The molecular formula is C21H20Cl2N4. The van der Waals surface area contributed by atoms with E-state index in [2.05, 4.69) is 40.0 Å². The van der Waals surface area contributed by atoms with Crippen molar-refractivity contribution in [2.45, 2.75) is 6.54 Å². The number of rotatable bonds is 2. The van der Waals surface area contributed by atoms with Crippen LogP contribution in [0.4, 0.5) is 17.2 Å². The molecule has 0 radical (unpaired) electrons. The van der Waals surface area contributed by atoms with E-state index in [0.29, 0.717) is 15.9 Å². The highest BCUT2D eigenvalue weighted by atomic mass is 35.5. The van der Waals surface area contributed by atoms with E-state index in [4.69, 9.17) is 28.9 Å². The summed E-state index contributed by atoms with van der Waals surface area (Å²) < 4.78 is 0. The van der Waals surface area contributed by atoms with E-state index in [-0.39, 0.29) is 0 Å². The summed E-state index contributed by atoms with van der Waals surface area (Å²) in [6.45, 7) is 2.68. The number of hydrogen-bond donors (Lipinski definition) is 1. The van der Waals surface area contributed by atoms with Gasteiger partial charge in [-0.2, -0.15) is 0 Å². The van der Waals surface area contributed by atoms with Crippen LogP contribution in [0.15, 0.2) is 54.6 Å². The van der Waals surface area contributed by atoms with E-state index in [1.807, 2.05) is 30.3 Å². The molecule has 1 aliphatic heterocycles. The number of nitrogens with two attached hydrogens (primary N) is 1. The molecule has 6 heteroatoms. The van der Waals surface area contributed by atoms with Crippen molar-refractivity contribution < 1.29 is 0 Å². The molecule has 0 spiro atoms. The monoisotopic (exact) mass is 398 g/mol. The van der Waals surface area contributed by atoms with Gasteiger partial charge in [-0.05, 0) is 55.1 Å². The second-order valence-corrected chi connectivity index (χ2v) is 7.59. The van der Waals surface area contributed by atoms with E-state index >= 15 is 0 Å². The van der Waals surface area contributed by atoms with Gasteiger partial charge in [0.1, 0.15) is 5.82 Å². The lowest BCUT2D eigenvalue weighted by atomic mass is 10.0. The van der Waals surface area contributed by atoms with Crippen molar-refractivity contribution >= 4 is 40.4 Å². The van der Waals surface area contributed by atoms with Gasteiger partial charge in [0, 0.05) is 36.6 Å². The maximum Gasteiger partial charge on any atom is 0.124 e. The molecule has 1 aromatic heterocycles. The zero-order chi connectivity index (χ0) is 19.0. The minimum absolute atomic E-state index is 0.525. The van der Waals surface area contributed by atoms with Crippen LogP contribution in [0, 0.1) is 0 Å². The minimum Gasteiger partial charge on any atom is -0.384 e. The Morgan fingerprint density at radius 3 is 2.59 bits per heavy atom. The highest BCUT2D eigenvalue weighted by Crippen LogP contribution is 2.36. The molecule has 0 saturated heterocycles. The molecule has 2 N–H and O–H groups in total. The molecule has 0 atom stereocenters. The first-order valence-electron chi connectivity index (χ1n) is 8.78. The number of likely N-dealkylation sites (N-methyl/N-ethyl adjacent to an activating group) is 1. The Morgan fingerprint density at radius 1 is 0.963 bits per heavy atom. The van der Waals surface area contributed by atoms with Crippen LogP contribution in [0.25, 0.3) is 11.3 Å². The molecule has 0 amide bonds. The number of hydrogen-bond acceptors (Lipinski definition) is 4. The molecule has 2 aromatic carbocycles. The largest absolute Gasteiger partial charge is 0.384 e. The Hall–Kier alpha value is -2.27. The molecule has 0 bridgehead atoms. The average Bonchev–Trinajstić information content (AvgIpc) is 2.81. The summed E-state index contributed by atoms with van der Waals surface area (Å²) in [6.07, 6.45) is 0. The fourth-order valence-electron chi connectivity index (χ4n) is 3.43. The van der Waals surface area contributed by atoms with Crippen molar-refractivity contribution in [3.8, 4) is 11.3 Å². The molecule has 0 unspecified atom stereocenters. The van der Waals surface area contributed by atoms with Gasteiger partial charge in [0.25, 0.3) is 0 Å². The van der Waals surface area contributed by atoms with Gasteiger partial charge in [0.2, 0.25) is 0 Å². The summed E-state index contributed by atoms with van der Waals surface area (Å²) in [7, 11) is 2.13. The number of benzene rings is 2. The van der Waals surface area contributed by atoms with E-state index in [9.17, 15) is 0 Å². The van der Waals surface area contributed by atoms with Gasteiger partial charge in [-0.3, -0.25) is 0 Å². The number of pyridine rings is 1. The van der Waals surface area contributed by atoms with Crippen LogP contribution in [-0.2, 0) is 6.54 Å². The van der Waals surface area contributed by atoms with Crippen LogP contribution in [0.5, 0.6) is 0 Å². The Morgan fingerprint density at radius 2 is 1.81 bits per heavy atom. The van der Waals surface area contributed by atoms with Crippen molar-refractivity contribution in [3.63, 3.8) is 0 Å². The minimum atomic E-state index is 0.525. The normalized spacial score (nSPS) is 14.7. The van der Waals surface area contributed by atoms with Crippen LogP contribution < -0.4 is 10.6 Å². The number of aromatic nitrogens is 1. The predicted octanol–water partition coefficient (Wildman–Crippen LogP) is 5.22. The Balaban J connectivity index is 1.79. The highest BCUT2D eigenvalue weighted by molar-refractivity contribution is 6.42. The Labute approximate surface area is 169 Å². The van der Waals surface area contributed by atoms with Crippen molar-refractivity contribution in [2.75, 3.05) is 30.8 Å². The van der Waals surface area contributed by atoms with Gasteiger partial charge in [-0.15, -0.1) is 0 Å². The fourth-order valence-corrected chi connectivity index (χ4v) is 3.72. The third kappa shape index (κ3) is 3.74. The van der Waals surface area contributed by atoms with E-state index in [0.717, 1.165) is 36.6 Å². The quantitative estimate of drug-likeness (QED) is 0.642. The lowest BCUT2D eigenvalue weighted by Gasteiger charge is -2.25. The molecule has 4 rings (SSSR count). The molecule has 2 heterocycles. The van der Waals surface area contributed by atoms with Crippen molar-refractivity contribution in [1.29, 1.82) is 0 Å². The van der Waals surface area contributed by atoms with Crippen LogP contribution in [0.3, 0.4) is 0 Å². The molecule has 138 valence electrons. The van der Waals surface area contributed by atoms with Gasteiger partial charge in [-0.1, -0.05) is 35.3 Å². The number of anilines is 3. The van der Waals surface area contributed by atoms with Crippen molar-refractivity contribution in [3.05, 3.63) is 70.2 Å². The number of nitrogen functional groups attached to an aromatic ring is 1. The molecule has 3 aromatic rings.